The molecule has 1 rings (SSSR count). The molecule has 1 unspecified atom stereocenters. The van der Waals surface area contributed by atoms with Crippen LogP contribution in [0.25, 0.3) is 0 Å². The lowest BCUT2D eigenvalue weighted by Gasteiger charge is -1.90. The van der Waals surface area contributed by atoms with E-state index in [9.17, 15) is 0 Å². The third kappa shape index (κ3) is 7.92. The molecule has 0 aromatic rings. The summed E-state index contributed by atoms with van der Waals surface area (Å²) in [5.74, 6) is 0. The maximum atomic E-state index is 4.93. The predicted molar refractivity (Wildman–Crippen MR) is 44.1 cm³/mol. The minimum atomic E-state index is 0.324. The summed E-state index contributed by atoms with van der Waals surface area (Å²) in [4.78, 5) is 0. The predicted octanol–water partition coefficient (Wildman–Crippen LogP) is 2.43. The lowest BCUT2D eigenvalue weighted by molar-refractivity contribution is 0.0514. The molecule has 1 aliphatic heterocycles. The molecule has 0 saturated carbocycles. The van der Waals surface area contributed by atoms with E-state index >= 15 is 0 Å². The Labute approximate surface area is 64.5 Å². The zero-order chi connectivity index (χ0) is 8.41. The fraction of sp³-hybridized carbons (Fsp3) is 1.00. The summed E-state index contributed by atoms with van der Waals surface area (Å²) in [6.45, 7) is 11.2. The first-order valence-corrected chi connectivity index (χ1v) is 4.09. The van der Waals surface area contributed by atoms with Gasteiger partial charge in [-0.15, -0.1) is 0 Å². The highest BCUT2D eigenvalue weighted by Gasteiger charge is 2.07. The minimum Gasteiger partial charge on any atom is -0.353 e. The first kappa shape index (κ1) is 12.6. The molecule has 0 aromatic carbocycles. The molecule has 0 radical (unpaired) electrons. The van der Waals surface area contributed by atoms with Gasteiger partial charge in [0.05, 0.1) is 12.7 Å². The Morgan fingerprint density at radius 1 is 1.10 bits per heavy atom. The number of hydrogen-bond acceptors (Lipinski definition) is 2. The maximum absolute atomic E-state index is 4.93. The van der Waals surface area contributed by atoms with Crippen LogP contribution < -0.4 is 0 Å². The topological polar surface area (TPSA) is 18.5 Å². The van der Waals surface area contributed by atoms with E-state index in [4.69, 9.17) is 9.47 Å². The molecular weight excluding hydrogens is 128 g/mol. The normalized spacial score (nSPS) is 21.9. The molecule has 1 atom stereocenters. The highest BCUT2D eigenvalue weighted by atomic mass is 16.7. The van der Waals surface area contributed by atoms with Crippen molar-refractivity contribution in [1.82, 2.24) is 0 Å². The second-order valence-electron chi connectivity index (χ2n) is 1.47. The molecule has 0 spiro atoms. The molecule has 0 amide bonds. The Bertz CT molecular complexity index is 40.5. The Morgan fingerprint density at radius 3 is 1.70 bits per heavy atom. The average Bonchev–Trinajstić information content (AvgIpc) is 2.48. The van der Waals surface area contributed by atoms with Crippen molar-refractivity contribution in [3.05, 3.63) is 0 Å². The minimum absolute atomic E-state index is 0.324. The van der Waals surface area contributed by atoms with Crippen LogP contribution in [0.2, 0.25) is 0 Å². The van der Waals surface area contributed by atoms with Crippen molar-refractivity contribution in [3.63, 3.8) is 0 Å². The van der Waals surface area contributed by atoms with Gasteiger partial charge in [-0.1, -0.05) is 27.7 Å². The van der Waals surface area contributed by atoms with Crippen molar-refractivity contribution in [3.8, 4) is 0 Å². The summed E-state index contributed by atoms with van der Waals surface area (Å²) in [5, 5.41) is 0. The summed E-state index contributed by atoms with van der Waals surface area (Å²) in [7, 11) is 0. The summed E-state index contributed by atoms with van der Waals surface area (Å²) in [6, 6.07) is 0. The van der Waals surface area contributed by atoms with Crippen molar-refractivity contribution >= 4 is 0 Å². The van der Waals surface area contributed by atoms with E-state index in [0.29, 0.717) is 12.9 Å². The molecule has 1 saturated heterocycles. The van der Waals surface area contributed by atoms with E-state index in [2.05, 4.69) is 0 Å². The lowest BCUT2D eigenvalue weighted by Crippen LogP contribution is -2.00. The van der Waals surface area contributed by atoms with Crippen molar-refractivity contribution < 1.29 is 9.47 Å². The zero-order valence-electron chi connectivity index (χ0n) is 7.81. The molecule has 1 aliphatic rings. The molecule has 0 aliphatic carbocycles. The van der Waals surface area contributed by atoms with Crippen LogP contribution in [-0.4, -0.2) is 19.5 Å². The lowest BCUT2D eigenvalue weighted by atomic mass is 10.5. The van der Waals surface area contributed by atoms with Crippen molar-refractivity contribution in [2.24, 2.45) is 0 Å². The Morgan fingerprint density at radius 2 is 1.60 bits per heavy atom. The Hall–Kier alpha value is -0.0800. The number of hydrogen-bond donors (Lipinski definition) is 0. The number of rotatable bonds is 0. The van der Waals surface area contributed by atoms with Crippen molar-refractivity contribution in [1.29, 1.82) is 0 Å². The van der Waals surface area contributed by atoms with E-state index in [0.717, 1.165) is 6.61 Å². The third-order valence-electron chi connectivity index (χ3n) is 0.788. The first-order valence-electron chi connectivity index (χ1n) is 4.09. The smallest absolute Gasteiger partial charge is 0.147 e. The third-order valence-corrected chi connectivity index (χ3v) is 0.788. The molecule has 0 bridgehead atoms. The van der Waals surface area contributed by atoms with Gasteiger partial charge in [0.2, 0.25) is 0 Å². The van der Waals surface area contributed by atoms with Crippen LogP contribution in [0.3, 0.4) is 0 Å². The van der Waals surface area contributed by atoms with E-state index in [-0.39, 0.29) is 0 Å². The fourth-order valence-electron chi connectivity index (χ4n) is 0.426. The largest absolute Gasteiger partial charge is 0.353 e. The van der Waals surface area contributed by atoms with Crippen LogP contribution in [0.1, 0.15) is 34.6 Å². The van der Waals surface area contributed by atoms with Gasteiger partial charge in [0, 0.05) is 0 Å². The Kier molecular flexibility index (Phi) is 14.7. The van der Waals surface area contributed by atoms with Crippen LogP contribution in [0.5, 0.6) is 0 Å². The van der Waals surface area contributed by atoms with E-state index in [1.54, 1.807) is 0 Å². The monoisotopic (exact) mass is 148 g/mol. The maximum Gasteiger partial charge on any atom is 0.147 e. The van der Waals surface area contributed by atoms with Gasteiger partial charge < -0.3 is 9.47 Å². The first-order chi connectivity index (χ1) is 4.89. The summed E-state index contributed by atoms with van der Waals surface area (Å²) >= 11 is 0. The van der Waals surface area contributed by atoms with Crippen LogP contribution in [-0.2, 0) is 9.47 Å². The Balaban J connectivity index is 0. The molecule has 2 heteroatoms. The highest BCUT2D eigenvalue weighted by Crippen LogP contribution is 1.98. The van der Waals surface area contributed by atoms with Gasteiger partial charge in [-0.05, 0) is 6.92 Å². The molecule has 2 nitrogen and oxygen atoms in total. The van der Waals surface area contributed by atoms with E-state index in [1.165, 1.54) is 0 Å². The second-order valence-corrected chi connectivity index (χ2v) is 1.47. The molecule has 10 heavy (non-hydrogen) atoms. The SMILES string of the molecule is CC.CC.CC1COCO1. The molecule has 0 aromatic heterocycles. The van der Waals surface area contributed by atoms with Crippen molar-refractivity contribution in [2.75, 3.05) is 13.4 Å². The van der Waals surface area contributed by atoms with Gasteiger partial charge >= 0.3 is 0 Å². The van der Waals surface area contributed by atoms with Gasteiger partial charge in [0.25, 0.3) is 0 Å². The molecule has 64 valence electrons. The van der Waals surface area contributed by atoms with E-state index < -0.39 is 0 Å². The molecule has 1 fully saturated rings. The van der Waals surface area contributed by atoms with Crippen LogP contribution in [0, 0.1) is 0 Å². The quantitative estimate of drug-likeness (QED) is 0.525. The van der Waals surface area contributed by atoms with Gasteiger partial charge in [-0.3, -0.25) is 0 Å². The molecule has 0 N–H and O–H groups in total. The fourth-order valence-corrected chi connectivity index (χ4v) is 0.426. The van der Waals surface area contributed by atoms with Crippen molar-refractivity contribution in [2.45, 2.75) is 40.7 Å². The second kappa shape index (κ2) is 11.7. The summed E-state index contributed by atoms with van der Waals surface area (Å²) in [6.07, 6.45) is 0.324. The van der Waals surface area contributed by atoms with Crippen LogP contribution >= 0.6 is 0 Å². The summed E-state index contributed by atoms with van der Waals surface area (Å²) in [5.41, 5.74) is 0. The average molecular weight is 148 g/mol. The van der Waals surface area contributed by atoms with Gasteiger partial charge in [-0.2, -0.15) is 0 Å². The summed E-state index contributed by atoms with van der Waals surface area (Å²) < 4.78 is 9.77. The molecular formula is C8H20O2. The van der Waals surface area contributed by atoms with E-state index in [1.807, 2.05) is 34.6 Å². The zero-order valence-corrected chi connectivity index (χ0v) is 7.81. The highest BCUT2D eigenvalue weighted by molar-refractivity contribution is 4.47. The van der Waals surface area contributed by atoms with Crippen LogP contribution in [0.15, 0.2) is 0 Å². The molecule has 1 heterocycles. The van der Waals surface area contributed by atoms with Gasteiger partial charge in [-0.25, -0.2) is 0 Å². The van der Waals surface area contributed by atoms with Crippen LogP contribution in [0.4, 0.5) is 0 Å². The standard InChI is InChI=1S/C4H8O2.2C2H6/c1-4-2-5-3-6-4;2*1-2/h4H,2-3H2,1H3;2*1-2H3. The van der Waals surface area contributed by atoms with Gasteiger partial charge in [0.1, 0.15) is 6.79 Å². The number of ether oxygens (including phenoxy) is 2. The van der Waals surface area contributed by atoms with Gasteiger partial charge in [0.15, 0.2) is 0 Å².